The molecule has 0 bridgehead atoms. The van der Waals surface area contributed by atoms with Crippen LogP contribution in [0.1, 0.15) is 22.4 Å². The summed E-state index contributed by atoms with van der Waals surface area (Å²) in [4.78, 5) is 2.30. The zero-order valence-electron chi connectivity index (χ0n) is 9.24. The summed E-state index contributed by atoms with van der Waals surface area (Å²) < 4.78 is 38.2. The van der Waals surface area contributed by atoms with E-state index in [1.807, 2.05) is 0 Å². The number of halogens is 3. The smallest absolute Gasteiger partial charge is 0.350 e. The lowest BCUT2D eigenvalue weighted by molar-refractivity contribution is -0.140. The molecular weight excluding hydrogens is 229 g/mol. The molecule has 0 atom stereocenters. The Morgan fingerprint density at radius 3 is 2.41 bits per heavy atom. The number of nitriles is 1. The van der Waals surface area contributed by atoms with Crippen molar-refractivity contribution in [1.82, 2.24) is 4.98 Å². The van der Waals surface area contributed by atoms with Gasteiger partial charge in [-0.05, 0) is 25.5 Å². The number of nitrogens with one attached hydrogen (secondary N) is 1. The van der Waals surface area contributed by atoms with E-state index in [1.54, 1.807) is 32.0 Å². The maximum Gasteiger partial charge on any atom is 0.432 e. The Hall–Kier alpha value is -1.96. The standard InChI is InChI=1S/C12H9F3N2/c1-6-3-7(2)10-8(4-6)9(5-16)11(17-10)12(13,14)15/h3-4,17H,1-2H3. The van der Waals surface area contributed by atoms with Crippen molar-refractivity contribution in [3.63, 3.8) is 0 Å². The van der Waals surface area contributed by atoms with Gasteiger partial charge in [0.05, 0.1) is 11.1 Å². The van der Waals surface area contributed by atoms with Gasteiger partial charge in [-0.3, -0.25) is 0 Å². The maximum absolute atomic E-state index is 12.7. The number of nitrogens with zero attached hydrogens (tertiary/aromatic N) is 1. The van der Waals surface area contributed by atoms with E-state index in [9.17, 15) is 13.2 Å². The Kier molecular flexibility index (Phi) is 2.39. The minimum atomic E-state index is -4.54. The summed E-state index contributed by atoms with van der Waals surface area (Å²) in [6.07, 6.45) is -4.54. The number of H-pyrrole nitrogens is 1. The molecule has 1 aromatic carbocycles. The lowest BCUT2D eigenvalue weighted by Gasteiger charge is -2.02. The van der Waals surface area contributed by atoms with E-state index in [4.69, 9.17) is 5.26 Å². The number of aryl methyl sites for hydroxylation is 2. The first kappa shape index (κ1) is 11.5. The zero-order chi connectivity index (χ0) is 12.8. The van der Waals surface area contributed by atoms with Crippen molar-refractivity contribution < 1.29 is 13.2 Å². The molecule has 17 heavy (non-hydrogen) atoms. The zero-order valence-corrected chi connectivity index (χ0v) is 9.24. The number of rotatable bonds is 0. The first-order valence-electron chi connectivity index (χ1n) is 4.95. The molecule has 0 fully saturated rings. The van der Waals surface area contributed by atoms with Crippen LogP contribution in [0, 0.1) is 25.2 Å². The highest BCUT2D eigenvalue weighted by Gasteiger charge is 2.36. The summed E-state index contributed by atoms with van der Waals surface area (Å²) >= 11 is 0. The molecule has 2 rings (SSSR count). The van der Waals surface area contributed by atoms with E-state index in [2.05, 4.69) is 4.98 Å². The molecule has 0 aliphatic carbocycles. The van der Waals surface area contributed by atoms with Gasteiger partial charge in [-0.25, -0.2) is 0 Å². The van der Waals surface area contributed by atoms with Gasteiger partial charge in [-0.2, -0.15) is 18.4 Å². The lowest BCUT2D eigenvalue weighted by atomic mass is 10.1. The van der Waals surface area contributed by atoms with Crippen LogP contribution in [0.15, 0.2) is 12.1 Å². The molecule has 0 saturated heterocycles. The van der Waals surface area contributed by atoms with E-state index >= 15 is 0 Å². The maximum atomic E-state index is 12.7. The molecule has 0 aliphatic rings. The fourth-order valence-corrected chi connectivity index (χ4v) is 1.98. The number of fused-ring (bicyclic) bond motifs is 1. The quantitative estimate of drug-likeness (QED) is 0.747. The topological polar surface area (TPSA) is 39.6 Å². The van der Waals surface area contributed by atoms with Crippen molar-refractivity contribution in [2.75, 3.05) is 0 Å². The van der Waals surface area contributed by atoms with Gasteiger partial charge < -0.3 is 4.98 Å². The Balaban J connectivity index is 2.91. The molecule has 1 heterocycles. The number of alkyl halides is 3. The minimum absolute atomic E-state index is 0.331. The summed E-state index contributed by atoms with van der Waals surface area (Å²) in [5.74, 6) is 0. The molecule has 5 heteroatoms. The summed E-state index contributed by atoms with van der Waals surface area (Å²) in [5, 5.41) is 9.21. The van der Waals surface area contributed by atoms with Crippen LogP contribution in [-0.4, -0.2) is 4.98 Å². The molecular formula is C12H9F3N2. The van der Waals surface area contributed by atoms with Crippen molar-refractivity contribution in [3.8, 4) is 6.07 Å². The normalized spacial score (nSPS) is 11.8. The third-order valence-electron chi connectivity index (χ3n) is 2.64. The highest BCUT2D eigenvalue weighted by molar-refractivity contribution is 5.90. The molecule has 0 unspecified atom stereocenters. The fraction of sp³-hybridized carbons (Fsp3) is 0.250. The van der Waals surface area contributed by atoms with E-state index in [0.717, 1.165) is 5.56 Å². The molecule has 0 radical (unpaired) electrons. The van der Waals surface area contributed by atoms with Gasteiger partial charge in [0.2, 0.25) is 0 Å². The molecule has 0 amide bonds. The summed E-state index contributed by atoms with van der Waals surface area (Å²) in [6.45, 7) is 3.50. The van der Waals surface area contributed by atoms with E-state index in [0.29, 0.717) is 16.5 Å². The third-order valence-corrected chi connectivity index (χ3v) is 2.64. The van der Waals surface area contributed by atoms with E-state index < -0.39 is 11.9 Å². The predicted octanol–water partition coefficient (Wildman–Crippen LogP) is 3.68. The fourth-order valence-electron chi connectivity index (χ4n) is 1.98. The van der Waals surface area contributed by atoms with Gasteiger partial charge in [-0.15, -0.1) is 0 Å². The summed E-state index contributed by atoms with van der Waals surface area (Å²) in [7, 11) is 0. The highest BCUT2D eigenvalue weighted by Crippen LogP contribution is 2.36. The molecule has 0 spiro atoms. The van der Waals surface area contributed by atoms with Gasteiger partial charge in [0.25, 0.3) is 0 Å². The monoisotopic (exact) mass is 238 g/mol. The molecule has 2 nitrogen and oxygen atoms in total. The number of hydrogen-bond donors (Lipinski definition) is 1. The van der Waals surface area contributed by atoms with Crippen LogP contribution >= 0.6 is 0 Å². The minimum Gasteiger partial charge on any atom is -0.350 e. The van der Waals surface area contributed by atoms with Crippen LogP contribution in [0.2, 0.25) is 0 Å². The largest absolute Gasteiger partial charge is 0.432 e. The van der Waals surface area contributed by atoms with Gasteiger partial charge in [0.1, 0.15) is 11.8 Å². The SMILES string of the molecule is Cc1cc(C)c2[nH]c(C(F)(F)F)c(C#N)c2c1. The van der Waals surface area contributed by atoms with Crippen LogP contribution in [0.5, 0.6) is 0 Å². The highest BCUT2D eigenvalue weighted by atomic mass is 19.4. The first-order valence-corrected chi connectivity index (χ1v) is 4.95. The van der Waals surface area contributed by atoms with Crippen molar-refractivity contribution >= 4 is 10.9 Å². The predicted molar refractivity (Wildman–Crippen MR) is 57.5 cm³/mol. The van der Waals surface area contributed by atoms with Crippen molar-refractivity contribution in [2.45, 2.75) is 20.0 Å². The Morgan fingerprint density at radius 2 is 1.88 bits per heavy atom. The second kappa shape index (κ2) is 3.52. The second-order valence-corrected chi connectivity index (χ2v) is 3.99. The number of aromatic amines is 1. The van der Waals surface area contributed by atoms with Crippen LogP contribution < -0.4 is 0 Å². The third kappa shape index (κ3) is 1.76. The summed E-state index contributed by atoms with van der Waals surface area (Å²) in [5.41, 5.74) is 0.605. The summed E-state index contributed by atoms with van der Waals surface area (Å²) in [6, 6.07) is 5.00. The van der Waals surface area contributed by atoms with Crippen molar-refractivity contribution in [1.29, 1.82) is 5.26 Å². The Morgan fingerprint density at radius 1 is 1.24 bits per heavy atom. The average Bonchev–Trinajstić information content (AvgIpc) is 2.55. The Bertz CT molecular complexity index is 630. The van der Waals surface area contributed by atoms with Crippen LogP contribution in [0.3, 0.4) is 0 Å². The van der Waals surface area contributed by atoms with Gasteiger partial charge >= 0.3 is 6.18 Å². The first-order chi connectivity index (χ1) is 7.84. The molecule has 88 valence electrons. The molecule has 0 aliphatic heterocycles. The van der Waals surface area contributed by atoms with Crippen molar-refractivity contribution in [2.24, 2.45) is 0 Å². The van der Waals surface area contributed by atoms with Crippen LogP contribution in [0.25, 0.3) is 10.9 Å². The lowest BCUT2D eigenvalue weighted by Crippen LogP contribution is -2.07. The molecule has 2 aromatic rings. The average molecular weight is 238 g/mol. The molecule has 1 aromatic heterocycles. The van der Waals surface area contributed by atoms with Gasteiger partial charge in [0.15, 0.2) is 0 Å². The molecule has 1 N–H and O–H groups in total. The number of aromatic nitrogens is 1. The van der Waals surface area contributed by atoms with E-state index in [-0.39, 0.29) is 5.56 Å². The number of benzene rings is 1. The molecule has 0 saturated carbocycles. The van der Waals surface area contributed by atoms with E-state index in [1.165, 1.54) is 0 Å². The van der Waals surface area contributed by atoms with Crippen LogP contribution in [-0.2, 0) is 6.18 Å². The van der Waals surface area contributed by atoms with Gasteiger partial charge in [0, 0.05) is 5.39 Å². The number of hydrogen-bond acceptors (Lipinski definition) is 1. The Labute approximate surface area is 95.7 Å². The van der Waals surface area contributed by atoms with Gasteiger partial charge in [-0.1, -0.05) is 11.6 Å². The van der Waals surface area contributed by atoms with Crippen molar-refractivity contribution in [3.05, 3.63) is 34.5 Å². The van der Waals surface area contributed by atoms with Crippen LogP contribution in [0.4, 0.5) is 13.2 Å². The second-order valence-electron chi connectivity index (χ2n) is 3.99.